The van der Waals surface area contributed by atoms with Gasteiger partial charge in [-0.25, -0.2) is 4.79 Å². The number of hydrogen-bond donors (Lipinski definition) is 0. The van der Waals surface area contributed by atoms with Crippen molar-refractivity contribution in [3.05, 3.63) is 78.4 Å². The Morgan fingerprint density at radius 2 is 1.58 bits per heavy atom. The quantitative estimate of drug-likeness (QED) is 0.516. The topological polar surface area (TPSA) is 48.0 Å². The molecule has 1 fully saturated rings. The van der Waals surface area contributed by atoms with Gasteiger partial charge in [-0.3, -0.25) is 0 Å². The van der Waals surface area contributed by atoms with Gasteiger partial charge in [-0.05, 0) is 60.4 Å². The maximum absolute atomic E-state index is 12.7. The molecule has 3 aromatic carbocycles. The zero-order chi connectivity index (χ0) is 21.6. The molecule has 1 unspecified atom stereocenters. The fourth-order valence-corrected chi connectivity index (χ4v) is 3.94. The van der Waals surface area contributed by atoms with E-state index in [9.17, 15) is 4.79 Å². The molecule has 1 aliphatic rings. The van der Waals surface area contributed by atoms with E-state index in [2.05, 4.69) is 17.0 Å². The average Bonchev–Trinajstić information content (AvgIpc) is 2.84. The number of hydrogen-bond acceptors (Lipinski definition) is 5. The first kappa shape index (κ1) is 20.8. The van der Waals surface area contributed by atoms with Crippen molar-refractivity contribution in [1.29, 1.82) is 0 Å². The summed E-state index contributed by atoms with van der Waals surface area (Å²) in [5, 5.41) is 0. The molecule has 5 nitrogen and oxygen atoms in total. The van der Waals surface area contributed by atoms with Crippen LogP contribution in [0.15, 0.2) is 72.8 Å². The van der Waals surface area contributed by atoms with Crippen molar-refractivity contribution in [2.24, 2.45) is 0 Å². The number of anilines is 1. The van der Waals surface area contributed by atoms with Crippen molar-refractivity contribution >= 4 is 11.7 Å². The van der Waals surface area contributed by atoms with Gasteiger partial charge < -0.3 is 19.1 Å². The van der Waals surface area contributed by atoms with Crippen molar-refractivity contribution in [3.8, 4) is 22.6 Å². The van der Waals surface area contributed by atoms with Gasteiger partial charge in [0, 0.05) is 12.2 Å². The number of esters is 1. The highest BCUT2D eigenvalue weighted by Crippen LogP contribution is 2.32. The molecule has 0 amide bonds. The molecule has 1 heterocycles. The second kappa shape index (κ2) is 9.56. The fraction of sp³-hybridized carbons (Fsp3) is 0.269. The van der Waals surface area contributed by atoms with Crippen LogP contribution in [0.2, 0.25) is 0 Å². The van der Waals surface area contributed by atoms with E-state index < -0.39 is 0 Å². The largest absolute Gasteiger partial charge is 0.493 e. The Balaban J connectivity index is 1.41. The molecule has 31 heavy (non-hydrogen) atoms. The summed E-state index contributed by atoms with van der Waals surface area (Å²) in [6.45, 7) is 1.71. The first-order valence-corrected chi connectivity index (χ1v) is 10.5. The van der Waals surface area contributed by atoms with Crippen LogP contribution < -0.4 is 14.4 Å². The molecule has 0 aromatic heterocycles. The first-order valence-electron chi connectivity index (χ1n) is 10.5. The molecular formula is C26H27NO4. The monoisotopic (exact) mass is 417 g/mol. The Labute approximate surface area is 183 Å². The zero-order valence-corrected chi connectivity index (χ0v) is 17.9. The minimum absolute atomic E-state index is 0.105. The molecule has 0 N–H and O–H groups in total. The van der Waals surface area contributed by atoms with Crippen LogP contribution in [0.4, 0.5) is 5.69 Å². The van der Waals surface area contributed by atoms with E-state index in [0.717, 1.165) is 37.1 Å². The van der Waals surface area contributed by atoms with Crippen molar-refractivity contribution in [3.63, 3.8) is 0 Å². The maximum atomic E-state index is 12.7. The summed E-state index contributed by atoms with van der Waals surface area (Å²) >= 11 is 0. The van der Waals surface area contributed by atoms with Gasteiger partial charge in [-0.15, -0.1) is 0 Å². The van der Waals surface area contributed by atoms with Gasteiger partial charge in [0.05, 0.1) is 26.3 Å². The Morgan fingerprint density at radius 1 is 0.871 bits per heavy atom. The summed E-state index contributed by atoms with van der Waals surface area (Å²) in [5.74, 6) is 1.08. The molecule has 1 atom stereocenters. The lowest BCUT2D eigenvalue weighted by molar-refractivity contribution is 0.0270. The smallest absolute Gasteiger partial charge is 0.338 e. The third-order valence-electron chi connectivity index (χ3n) is 5.61. The minimum Gasteiger partial charge on any atom is -0.493 e. The SMILES string of the molecule is COc1ccc(-c2ccc(C(=O)OC3CCCN(c4ccccc4)C3)cc2)cc1OC. The number of piperidine rings is 1. The molecule has 160 valence electrons. The molecule has 0 saturated carbocycles. The van der Waals surface area contributed by atoms with Crippen LogP contribution in [0, 0.1) is 0 Å². The van der Waals surface area contributed by atoms with E-state index in [1.165, 1.54) is 5.69 Å². The number of nitrogens with zero attached hydrogens (tertiary/aromatic N) is 1. The number of rotatable bonds is 6. The molecule has 0 bridgehead atoms. The summed E-state index contributed by atoms with van der Waals surface area (Å²) in [4.78, 5) is 15.0. The Bertz CT molecular complexity index is 1020. The third-order valence-corrected chi connectivity index (χ3v) is 5.61. The van der Waals surface area contributed by atoms with Crippen LogP contribution in [-0.2, 0) is 4.74 Å². The number of carbonyl (C=O) groups excluding carboxylic acids is 1. The van der Waals surface area contributed by atoms with Crippen molar-refractivity contribution in [2.45, 2.75) is 18.9 Å². The lowest BCUT2D eigenvalue weighted by Gasteiger charge is -2.34. The van der Waals surface area contributed by atoms with E-state index in [-0.39, 0.29) is 12.1 Å². The molecule has 0 aliphatic carbocycles. The summed E-state index contributed by atoms with van der Waals surface area (Å²) in [6.07, 6.45) is 1.79. The highest BCUT2D eigenvalue weighted by Gasteiger charge is 2.24. The predicted octanol–water partition coefficient (Wildman–Crippen LogP) is 5.20. The summed E-state index contributed by atoms with van der Waals surface area (Å²) in [7, 11) is 3.23. The van der Waals surface area contributed by atoms with Crippen LogP contribution in [0.25, 0.3) is 11.1 Å². The van der Waals surface area contributed by atoms with Gasteiger partial charge in [-0.1, -0.05) is 36.4 Å². The molecule has 3 aromatic rings. The fourth-order valence-electron chi connectivity index (χ4n) is 3.94. The maximum Gasteiger partial charge on any atom is 0.338 e. The van der Waals surface area contributed by atoms with E-state index in [1.807, 2.05) is 60.7 Å². The normalized spacial score (nSPS) is 15.9. The first-order chi connectivity index (χ1) is 15.2. The minimum atomic E-state index is -0.279. The summed E-state index contributed by atoms with van der Waals surface area (Å²) in [6, 6.07) is 23.5. The molecule has 4 rings (SSSR count). The lowest BCUT2D eigenvalue weighted by atomic mass is 10.0. The second-order valence-corrected chi connectivity index (χ2v) is 7.60. The highest BCUT2D eigenvalue weighted by atomic mass is 16.5. The number of methoxy groups -OCH3 is 2. The third kappa shape index (κ3) is 4.82. The van der Waals surface area contributed by atoms with Crippen molar-refractivity contribution < 1.29 is 19.0 Å². The average molecular weight is 418 g/mol. The van der Waals surface area contributed by atoms with Crippen molar-refractivity contribution in [1.82, 2.24) is 0 Å². The van der Waals surface area contributed by atoms with Crippen LogP contribution >= 0.6 is 0 Å². The van der Waals surface area contributed by atoms with Gasteiger partial charge >= 0.3 is 5.97 Å². The summed E-state index contributed by atoms with van der Waals surface area (Å²) in [5.41, 5.74) is 3.71. The predicted molar refractivity (Wildman–Crippen MR) is 122 cm³/mol. The van der Waals surface area contributed by atoms with E-state index in [0.29, 0.717) is 17.1 Å². The van der Waals surface area contributed by atoms with Crippen LogP contribution in [0.5, 0.6) is 11.5 Å². The highest BCUT2D eigenvalue weighted by molar-refractivity contribution is 5.90. The van der Waals surface area contributed by atoms with E-state index >= 15 is 0 Å². The standard InChI is InChI=1S/C26H27NO4/c1-29-24-15-14-21(17-25(24)30-2)19-10-12-20(13-11-19)26(28)31-23-9-6-16-27(18-23)22-7-4-3-5-8-22/h3-5,7-8,10-15,17,23H,6,9,16,18H2,1-2H3. The Kier molecular flexibility index (Phi) is 6.41. The lowest BCUT2D eigenvalue weighted by Crippen LogP contribution is -2.40. The van der Waals surface area contributed by atoms with Gasteiger partial charge in [0.15, 0.2) is 11.5 Å². The number of carbonyl (C=O) groups is 1. The Morgan fingerprint density at radius 3 is 2.29 bits per heavy atom. The molecule has 0 radical (unpaired) electrons. The van der Waals surface area contributed by atoms with Crippen LogP contribution in [0.3, 0.4) is 0 Å². The van der Waals surface area contributed by atoms with Gasteiger partial charge in [0.2, 0.25) is 0 Å². The second-order valence-electron chi connectivity index (χ2n) is 7.60. The summed E-state index contributed by atoms with van der Waals surface area (Å²) < 4.78 is 16.5. The molecule has 1 aliphatic heterocycles. The number of para-hydroxylation sites is 1. The molecular weight excluding hydrogens is 390 g/mol. The van der Waals surface area contributed by atoms with Gasteiger partial charge in [0.1, 0.15) is 6.10 Å². The number of benzene rings is 3. The van der Waals surface area contributed by atoms with Crippen molar-refractivity contribution in [2.75, 3.05) is 32.2 Å². The van der Waals surface area contributed by atoms with E-state index in [4.69, 9.17) is 14.2 Å². The Hall–Kier alpha value is -3.47. The molecule has 5 heteroatoms. The molecule has 0 spiro atoms. The van der Waals surface area contributed by atoms with Crippen LogP contribution in [0.1, 0.15) is 23.2 Å². The zero-order valence-electron chi connectivity index (χ0n) is 17.9. The molecule has 1 saturated heterocycles. The van der Waals surface area contributed by atoms with Gasteiger partial charge in [-0.2, -0.15) is 0 Å². The van der Waals surface area contributed by atoms with Gasteiger partial charge in [0.25, 0.3) is 0 Å². The van der Waals surface area contributed by atoms with Crippen LogP contribution in [-0.4, -0.2) is 39.4 Å². The van der Waals surface area contributed by atoms with E-state index in [1.54, 1.807) is 14.2 Å². The number of ether oxygens (including phenoxy) is 3.